The van der Waals surface area contributed by atoms with Crippen LogP contribution in [0.3, 0.4) is 0 Å². The van der Waals surface area contributed by atoms with E-state index >= 15 is 0 Å². The van der Waals surface area contributed by atoms with E-state index in [9.17, 15) is 4.79 Å². The highest BCUT2D eigenvalue weighted by Crippen LogP contribution is 2.23. The lowest BCUT2D eigenvalue weighted by molar-refractivity contribution is 0.102. The maximum absolute atomic E-state index is 11.9. The Labute approximate surface area is 102 Å². The van der Waals surface area contributed by atoms with Crippen molar-refractivity contribution in [2.45, 2.75) is 0 Å². The number of hydrogen-bond donors (Lipinski definition) is 2. The van der Waals surface area contributed by atoms with Crippen molar-refractivity contribution in [1.29, 1.82) is 5.26 Å². The van der Waals surface area contributed by atoms with Crippen LogP contribution >= 0.6 is 11.3 Å². The van der Waals surface area contributed by atoms with Gasteiger partial charge in [-0.3, -0.25) is 4.79 Å². The maximum atomic E-state index is 11.9. The lowest BCUT2D eigenvalue weighted by atomic mass is 10.1. The average molecular weight is 243 g/mol. The van der Waals surface area contributed by atoms with E-state index in [0.717, 1.165) is 0 Å². The molecule has 84 valence electrons. The largest absolute Gasteiger partial charge is 0.398 e. The molecule has 4 nitrogen and oxygen atoms in total. The van der Waals surface area contributed by atoms with Crippen molar-refractivity contribution in [3.8, 4) is 6.07 Å². The van der Waals surface area contributed by atoms with E-state index in [2.05, 4.69) is 5.32 Å². The molecule has 17 heavy (non-hydrogen) atoms. The van der Waals surface area contributed by atoms with Gasteiger partial charge in [-0.25, -0.2) is 0 Å². The fourth-order valence-corrected chi connectivity index (χ4v) is 2.10. The smallest absolute Gasteiger partial charge is 0.258 e. The van der Waals surface area contributed by atoms with Crippen molar-refractivity contribution in [1.82, 2.24) is 0 Å². The zero-order chi connectivity index (χ0) is 12.3. The van der Waals surface area contributed by atoms with E-state index < -0.39 is 0 Å². The number of nitriles is 1. The normalized spacial score (nSPS) is 9.59. The molecule has 0 fully saturated rings. The van der Waals surface area contributed by atoms with Crippen LogP contribution in [-0.2, 0) is 0 Å². The van der Waals surface area contributed by atoms with Crippen molar-refractivity contribution < 1.29 is 4.79 Å². The van der Waals surface area contributed by atoms with Crippen LogP contribution in [-0.4, -0.2) is 5.91 Å². The van der Waals surface area contributed by atoms with E-state index in [1.54, 1.807) is 35.7 Å². The third-order valence-corrected chi connectivity index (χ3v) is 3.05. The zero-order valence-corrected chi connectivity index (χ0v) is 9.62. The second-order valence-corrected chi connectivity index (χ2v) is 4.23. The summed E-state index contributed by atoms with van der Waals surface area (Å²) in [4.78, 5) is 11.9. The molecule has 5 heteroatoms. The molecule has 0 saturated heterocycles. The van der Waals surface area contributed by atoms with Gasteiger partial charge in [0.2, 0.25) is 0 Å². The molecule has 0 unspecified atom stereocenters. The summed E-state index contributed by atoms with van der Waals surface area (Å²) in [7, 11) is 0. The molecular formula is C12H9N3OS. The van der Waals surface area contributed by atoms with Crippen LogP contribution in [0.4, 0.5) is 10.7 Å². The molecule has 0 aliphatic rings. The second-order valence-electron chi connectivity index (χ2n) is 3.32. The molecule has 0 bridgehead atoms. The van der Waals surface area contributed by atoms with Gasteiger partial charge in [-0.15, -0.1) is 11.3 Å². The van der Waals surface area contributed by atoms with Gasteiger partial charge in [-0.05, 0) is 23.6 Å². The van der Waals surface area contributed by atoms with E-state index in [4.69, 9.17) is 11.0 Å². The van der Waals surface area contributed by atoms with E-state index in [-0.39, 0.29) is 5.91 Å². The third kappa shape index (κ3) is 2.27. The van der Waals surface area contributed by atoms with Gasteiger partial charge >= 0.3 is 0 Å². The highest BCUT2D eigenvalue weighted by Gasteiger charge is 2.12. The minimum atomic E-state index is -0.304. The Morgan fingerprint density at radius 3 is 2.82 bits per heavy atom. The first kappa shape index (κ1) is 11.2. The lowest BCUT2D eigenvalue weighted by Gasteiger charge is -2.05. The number of nitrogens with zero attached hydrogens (tertiary/aromatic N) is 1. The van der Waals surface area contributed by atoms with Crippen molar-refractivity contribution >= 4 is 27.9 Å². The van der Waals surface area contributed by atoms with Crippen LogP contribution in [0.2, 0.25) is 0 Å². The number of anilines is 2. The fourth-order valence-electron chi connectivity index (χ4n) is 1.37. The molecule has 2 aromatic rings. The Morgan fingerprint density at radius 1 is 1.35 bits per heavy atom. The summed E-state index contributed by atoms with van der Waals surface area (Å²) in [5, 5.41) is 13.8. The Kier molecular flexibility index (Phi) is 3.08. The molecule has 0 saturated carbocycles. The van der Waals surface area contributed by atoms with Crippen LogP contribution in [0.1, 0.15) is 15.9 Å². The molecule has 1 aromatic heterocycles. The quantitative estimate of drug-likeness (QED) is 0.795. The number of hydrogen-bond acceptors (Lipinski definition) is 4. The molecule has 1 amide bonds. The second kappa shape index (κ2) is 4.68. The molecule has 0 aliphatic heterocycles. The summed E-state index contributed by atoms with van der Waals surface area (Å²) < 4.78 is 0. The van der Waals surface area contributed by atoms with Gasteiger partial charge in [0.05, 0.1) is 11.1 Å². The Balaban J connectivity index is 2.24. The SMILES string of the molecule is N#Cc1ccsc1NC(=O)c1ccccc1N. The minimum Gasteiger partial charge on any atom is -0.398 e. The van der Waals surface area contributed by atoms with Crippen molar-refractivity contribution in [3.63, 3.8) is 0 Å². The van der Waals surface area contributed by atoms with E-state index in [1.165, 1.54) is 11.3 Å². The van der Waals surface area contributed by atoms with Gasteiger partial charge < -0.3 is 11.1 Å². The molecule has 0 radical (unpaired) electrons. The third-order valence-electron chi connectivity index (χ3n) is 2.22. The Morgan fingerprint density at radius 2 is 2.12 bits per heavy atom. The van der Waals surface area contributed by atoms with Crippen LogP contribution in [0.25, 0.3) is 0 Å². The highest BCUT2D eigenvalue weighted by atomic mass is 32.1. The van der Waals surface area contributed by atoms with Gasteiger partial charge in [0.25, 0.3) is 5.91 Å². The van der Waals surface area contributed by atoms with Gasteiger partial charge in [-0.2, -0.15) is 5.26 Å². The predicted molar refractivity (Wildman–Crippen MR) is 67.8 cm³/mol. The maximum Gasteiger partial charge on any atom is 0.258 e. The number of rotatable bonds is 2. The molecule has 0 spiro atoms. The van der Waals surface area contributed by atoms with Crippen LogP contribution < -0.4 is 11.1 Å². The molecule has 1 heterocycles. The minimum absolute atomic E-state index is 0.304. The Hall–Kier alpha value is -2.32. The molecule has 0 atom stereocenters. The predicted octanol–water partition coefficient (Wildman–Crippen LogP) is 2.45. The number of amides is 1. The van der Waals surface area contributed by atoms with E-state index in [1.807, 2.05) is 6.07 Å². The topological polar surface area (TPSA) is 78.9 Å². The van der Waals surface area contributed by atoms with Crippen LogP contribution in [0.5, 0.6) is 0 Å². The molecule has 1 aromatic carbocycles. The standard InChI is InChI=1S/C12H9N3OS/c13-7-8-5-6-17-12(8)15-11(16)9-3-1-2-4-10(9)14/h1-6H,14H2,(H,15,16). The highest BCUT2D eigenvalue weighted by molar-refractivity contribution is 7.14. The van der Waals surface area contributed by atoms with Gasteiger partial charge in [0.1, 0.15) is 11.1 Å². The first-order chi connectivity index (χ1) is 8.22. The zero-order valence-electron chi connectivity index (χ0n) is 8.81. The number of para-hydroxylation sites is 1. The lowest BCUT2D eigenvalue weighted by Crippen LogP contribution is -2.13. The molecule has 3 N–H and O–H groups in total. The summed E-state index contributed by atoms with van der Waals surface area (Å²) in [5.74, 6) is -0.304. The first-order valence-corrected chi connectivity index (χ1v) is 5.74. The molecule has 0 aliphatic carbocycles. The fraction of sp³-hybridized carbons (Fsp3) is 0. The van der Waals surface area contributed by atoms with Crippen molar-refractivity contribution in [3.05, 3.63) is 46.8 Å². The number of carbonyl (C=O) groups excluding carboxylic acids is 1. The summed E-state index contributed by atoms with van der Waals surface area (Å²) in [5.41, 5.74) is 6.98. The summed E-state index contributed by atoms with van der Waals surface area (Å²) in [6.07, 6.45) is 0. The summed E-state index contributed by atoms with van der Waals surface area (Å²) in [6, 6.07) is 10.5. The number of nitrogens with two attached hydrogens (primary N) is 1. The van der Waals surface area contributed by atoms with Crippen LogP contribution in [0, 0.1) is 11.3 Å². The van der Waals surface area contributed by atoms with Crippen molar-refractivity contribution in [2.24, 2.45) is 0 Å². The van der Waals surface area contributed by atoms with Gasteiger partial charge in [0.15, 0.2) is 0 Å². The monoisotopic (exact) mass is 243 g/mol. The summed E-state index contributed by atoms with van der Waals surface area (Å²) >= 11 is 1.31. The molecule has 2 rings (SSSR count). The number of nitrogen functional groups attached to an aromatic ring is 1. The average Bonchev–Trinajstić information content (AvgIpc) is 2.76. The van der Waals surface area contributed by atoms with E-state index in [0.29, 0.717) is 21.8 Å². The van der Waals surface area contributed by atoms with Gasteiger partial charge in [0, 0.05) is 5.69 Å². The Bertz CT molecular complexity index is 598. The molecular weight excluding hydrogens is 234 g/mol. The van der Waals surface area contributed by atoms with Gasteiger partial charge in [-0.1, -0.05) is 12.1 Å². The summed E-state index contributed by atoms with van der Waals surface area (Å²) in [6.45, 7) is 0. The van der Waals surface area contributed by atoms with Crippen LogP contribution in [0.15, 0.2) is 35.7 Å². The number of nitrogens with one attached hydrogen (secondary N) is 1. The number of thiophene rings is 1. The van der Waals surface area contributed by atoms with Crippen molar-refractivity contribution in [2.75, 3.05) is 11.1 Å². The number of benzene rings is 1. The first-order valence-electron chi connectivity index (χ1n) is 4.86. The number of carbonyl (C=O) groups is 1.